The molecule has 7 rings (SSSR count). The molecule has 14 nitrogen and oxygen atoms in total. The molecule has 1 aliphatic heterocycles. The molecule has 3 aromatic carbocycles. The van der Waals surface area contributed by atoms with Crippen molar-refractivity contribution < 1.29 is 62.7 Å². The van der Waals surface area contributed by atoms with E-state index in [1.807, 2.05) is 0 Å². The van der Waals surface area contributed by atoms with Crippen molar-refractivity contribution in [1.29, 1.82) is 0 Å². The molecule has 11 atom stereocenters. The minimum atomic E-state index is -1.96. The lowest BCUT2D eigenvalue weighted by Crippen LogP contribution is -2.77. The Labute approximate surface area is 352 Å². The summed E-state index contributed by atoms with van der Waals surface area (Å²) in [5.41, 5.74) is -3.77. The molecule has 3 aliphatic carbocycles. The number of amides is 1. The van der Waals surface area contributed by atoms with Crippen LogP contribution in [0.1, 0.15) is 79.8 Å². The molecule has 0 aromatic heterocycles. The number of carbonyl (C=O) groups excluding carboxylic acids is 6. The molecule has 61 heavy (non-hydrogen) atoms. The highest BCUT2D eigenvalue weighted by Crippen LogP contribution is 2.66. The number of ether oxygens (including phenoxy) is 5. The second-order valence-electron chi connectivity index (χ2n) is 16.6. The van der Waals surface area contributed by atoms with Crippen LogP contribution in [0.5, 0.6) is 0 Å². The second kappa shape index (κ2) is 16.5. The van der Waals surface area contributed by atoms with Gasteiger partial charge in [0, 0.05) is 32.3 Å². The predicted octanol–water partition coefficient (Wildman–Crippen LogP) is 4.54. The zero-order valence-electron chi connectivity index (χ0n) is 34.5. The number of carbonyl (C=O) groups is 6. The van der Waals surface area contributed by atoms with Crippen LogP contribution >= 0.6 is 0 Å². The van der Waals surface area contributed by atoms with E-state index < -0.39 is 101 Å². The highest BCUT2D eigenvalue weighted by Gasteiger charge is 2.78. The SMILES string of the molecule is C=C(C)[C@@]12C[C@H](OC(=O)[C@H](O)[C@@H](NC(=O)c3ccccc3)c3ccccc3)C(C)=C1[C@@H](OC(C)=O)C(=O)[C@@]1(C)C([C@@H]2OC(=O)c2ccccc2)[C@]2(OC(C)=O)CO[C@@H]2C[C@@H]1O. The first kappa shape index (κ1) is 43.1. The summed E-state index contributed by atoms with van der Waals surface area (Å²) in [4.78, 5) is 83.4. The average molecular weight is 836 g/mol. The van der Waals surface area contributed by atoms with Crippen LogP contribution in [-0.4, -0.2) is 94.6 Å². The van der Waals surface area contributed by atoms with Gasteiger partial charge in [0.2, 0.25) is 0 Å². The number of esters is 4. The largest absolute Gasteiger partial charge is 0.457 e. The lowest BCUT2D eigenvalue weighted by atomic mass is 9.51. The molecule has 4 aliphatic rings. The third-order valence-corrected chi connectivity index (χ3v) is 13.0. The van der Waals surface area contributed by atoms with Crippen molar-refractivity contribution in [2.45, 2.75) is 95.7 Å². The van der Waals surface area contributed by atoms with E-state index in [4.69, 9.17) is 23.7 Å². The molecule has 0 bridgehead atoms. The molecule has 3 fully saturated rings. The number of fused-ring (bicyclic) bond motifs is 4. The summed E-state index contributed by atoms with van der Waals surface area (Å²) in [6, 6.07) is 23.4. The lowest BCUT2D eigenvalue weighted by molar-refractivity contribution is -0.332. The molecule has 1 amide bonds. The molecular weight excluding hydrogens is 787 g/mol. The molecule has 14 heteroatoms. The highest BCUT2D eigenvalue weighted by molar-refractivity contribution is 5.97. The van der Waals surface area contributed by atoms with Crippen molar-refractivity contribution in [3.8, 4) is 0 Å². The van der Waals surface area contributed by atoms with Crippen molar-refractivity contribution in [1.82, 2.24) is 5.32 Å². The van der Waals surface area contributed by atoms with Gasteiger partial charge in [0.15, 0.2) is 23.6 Å². The Balaban J connectivity index is 1.37. The van der Waals surface area contributed by atoms with E-state index in [0.717, 1.165) is 6.92 Å². The number of Topliss-reactive ketones (excluding diaryl/α,β-unsaturated/α-hetero) is 1. The first-order valence-corrected chi connectivity index (χ1v) is 20.1. The maximum atomic E-state index is 15.4. The average Bonchev–Trinajstić information content (AvgIpc) is 3.50. The Bertz CT molecular complexity index is 2280. The Kier molecular flexibility index (Phi) is 11.7. The summed E-state index contributed by atoms with van der Waals surface area (Å²) in [7, 11) is 0. The molecular formula is C47H49NO13. The molecule has 2 saturated carbocycles. The molecule has 3 N–H and O–H groups in total. The fourth-order valence-corrected chi connectivity index (χ4v) is 10.0. The van der Waals surface area contributed by atoms with Crippen molar-refractivity contribution >= 4 is 35.6 Å². The minimum absolute atomic E-state index is 0.105. The van der Waals surface area contributed by atoms with Crippen LogP contribution in [-0.2, 0) is 42.9 Å². The van der Waals surface area contributed by atoms with E-state index in [-0.39, 0.29) is 41.7 Å². The first-order chi connectivity index (χ1) is 29.0. The van der Waals surface area contributed by atoms with Crippen molar-refractivity contribution in [2.75, 3.05) is 6.61 Å². The topological polar surface area (TPSA) is 201 Å². The maximum Gasteiger partial charge on any atom is 0.338 e. The van der Waals surface area contributed by atoms with E-state index in [0.29, 0.717) is 11.1 Å². The fourth-order valence-electron chi connectivity index (χ4n) is 10.0. The number of aliphatic hydroxyl groups excluding tert-OH is 2. The Morgan fingerprint density at radius 2 is 1.44 bits per heavy atom. The zero-order valence-corrected chi connectivity index (χ0v) is 34.5. The summed E-state index contributed by atoms with van der Waals surface area (Å²) in [6.45, 7) is 11.1. The Hall–Kier alpha value is -5.96. The number of ketones is 1. The predicted molar refractivity (Wildman–Crippen MR) is 216 cm³/mol. The number of benzene rings is 3. The van der Waals surface area contributed by atoms with Gasteiger partial charge in [-0.25, -0.2) is 9.59 Å². The number of hydrogen-bond donors (Lipinski definition) is 3. The van der Waals surface area contributed by atoms with E-state index in [2.05, 4.69) is 11.9 Å². The van der Waals surface area contributed by atoms with Crippen LogP contribution in [0.25, 0.3) is 0 Å². The standard InChI is InChI=1S/C47H49NO13/c1-25(2)46-23-32(59-44(56)37(52)36(29-16-10-7-11-17-29)48-42(54)30-18-12-8-13-19-30)26(3)35(46)38(58-27(4)49)40(53)45(6)33(51)22-34-47(24-57-34,61-28(5)50)39(45)41(46)60-43(55)31-20-14-9-15-21-31/h7-21,32-34,36-39,41,51-52H,1,22-24H2,2-6H3,(H,48,54)/t32-,33-,34+,36-,37+,38+,39?,41-,45+,46-,47-/m0/s1. The van der Waals surface area contributed by atoms with E-state index in [1.165, 1.54) is 26.0 Å². The van der Waals surface area contributed by atoms with Gasteiger partial charge in [0.05, 0.1) is 41.1 Å². The monoisotopic (exact) mass is 835 g/mol. The first-order valence-electron chi connectivity index (χ1n) is 20.1. The van der Waals surface area contributed by atoms with Gasteiger partial charge >= 0.3 is 23.9 Å². The van der Waals surface area contributed by atoms with E-state index in [1.54, 1.807) is 92.7 Å². The third-order valence-electron chi connectivity index (χ3n) is 13.0. The van der Waals surface area contributed by atoms with Gasteiger partial charge in [-0.2, -0.15) is 0 Å². The quantitative estimate of drug-likeness (QED) is 0.138. The van der Waals surface area contributed by atoms with Crippen LogP contribution in [0.3, 0.4) is 0 Å². The van der Waals surface area contributed by atoms with Gasteiger partial charge in [-0.1, -0.05) is 78.9 Å². The summed E-state index contributed by atoms with van der Waals surface area (Å²) < 4.78 is 30.7. The summed E-state index contributed by atoms with van der Waals surface area (Å²) in [6.07, 6.45) is -9.27. The van der Waals surface area contributed by atoms with E-state index >= 15 is 4.79 Å². The van der Waals surface area contributed by atoms with Crippen LogP contribution in [0, 0.1) is 16.7 Å². The minimum Gasteiger partial charge on any atom is -0.457 e. The van der Waals surface area contributed by atoms with Gasteiger partial charge in [-0.15, -0.1) is 0 Å². The molecule has 3 aromatic rings. The second-order valence-corrected chi connectivity index (χ2v) is 16.6. The lowest BCUT2D eigenvalue weighted by Gasteiger charge is -2.63. The fraction of sp³-hybridized carbons (Fsp3) is 0.404. The van der Waals surface area contributed by atoms with Crippen LogP contribution in [0.2, 0.25) is 0 Å². The normalized spacial score (nSPS) is 31.0. The van der Waals surface area contributed by atoms with Gasteiger partial charge in [0.1, 0.15) is 18.3 Å². The summed E-state index contributed by atoms with van der Waals surface area (Å²) in [5, 5.41) is 26.5. The number of aliphatic hydroxyl groups is 2. The van der Waals surface area contributed by atoms with Crippen LogP contribution < -0.4 is 5.32 Å². The molecule has 320 valence electrons. The van der Waals surface area contributed by atoms with Gasteiger partial charge in [0.25, 0.3) is 5.91 Å². The molecule has 0 spiro atoms. The van der Waals surface area contributed by atoms with Gasteiger partial charge in [-0.05, 0) is 61.7 Å². The molecule has 1 saturated heterocycles. The van der Waals surface area contributed by atoms with Crippen molar-refractivity contribution in [2.24, 2.45) is 16.7 Å². The van der Waals surface area contributed by atoms with Gasteiger partial charge < -0.3 is 39.2 Å². The van der Waals surface area contributed by atoms with Crippen molar-refractivity contribution in [3.05, 3.63) is 131 Å². The maximum absolute atomic E-state index is 15.4. The third kappa shape index (κ3) is 7.25. The molecule has 0 radical (unpaired) electrons. The summed E-state index contributed by atoms with van der Waals surface area (Å²) in [5.74, 6) is -6.21. The van der Waals surface area contributed by atoms with Crippen LogP contribution in [0.4, 0.5) is 0 Å². The zero-order chi connectivity index (χ0) is 44.0. The Morgan fingerprint density at radius 3 is 1.98 bits per heavy atom. The molecule has 1 heterocycles. The van der Waals surface area contributed by atoms with Crippen LogP contribution in [0.15, 0.2) is 114 Å². The van der Waals surface area contributed by atoms with E-state index in [9.17, 15) is 34.2 Å². The smallest absolute Gasteiger partial charge is 0.338 e. The number of hydrogen-bond acceptors (Lipinski definition) is 13. The highest BCUT2D eigenvalue weighted by atomic mass is 16.6. The summed E-state index contributed by atoms with van der Waals surface area (Å²) >= 11 is 0. The van der Waals surface area contributed by atoms with Gasteiger partial charge in [-0.3, -0.25) is 19.2 Å². The number of rotatable bonds is 11. The molecule has 1 unspecified atom stereocenters. The number of nitrogens with one attached hydrogen (secondary N) is 1. The Morgan fingerprint density at radius 1 is 0.852 bits per heavy atom. The van der Waals surface area contributed by atoms with Crippen molar-refractivity contribution in [3.63, 3.8) is 0 Å².